The quantitative estimate of drug-likeness (QED) is 0.343. The van der Waals surface area contributed by atoms with Crippen LogP contribution in [-0.2, 0) is 4.79 Å². The van der Waals surface area contributed by atoms with E-state index >= 15 is 0 Å². The fraction of sp³-hybridized carbons (Fsp3) is 0.111. The maximum atomic E-state index is 13.0. The average molecular weight is 487 g/mol. The molecule has 0 saturated carbocycles. The number of carbonyl (C=O) groups is 3. The summed E-state index contributed by atoms with van der Waals surface area (Å²) in [6, 6.07) is 22.6. The first-order valence-electron chi connectivity index (χ1n) is 11.2. The normalized spacial score (nSPS) is 11.4. The van der Waals surface area contributed by atoms with Crippen molar-refractivity contribution in [2.24, 2.45) is 0 Å². The highest BCUT2D eigenvalue weighted by Gasteiger charge is 2.16. The van der Waals surface area contributed by atoms with Crippen LogP contribution in [0.15, 0.2) is 89.5 Å². The predicted octanol–water partition coefficient (Wildman–Crippen LogP) is 4.34. The Morgan fingerprint density at radius 2 is 1.61 bits per heavy atom. The van der Waals surface area contributed by atoms with Gasteiger partial charge in [0.05, 0.1) is 12.6 Å². The molecule has 3 N–H and O–H groups in total. The highest BCUT2D eigenvalue weighted by atomic mass is 19.1. The lowest BCUT2D eigenvalue weighted by Gasteiger charge is -2.15. The lowest BCUT2D eigenvalue weighted by molar-refractivity contribution is -0.120. The minimum absolute atomic E-state index is 0.0768. The van der Waals surface area contributed by atoms with E-state index in [2.05, 4.69) is 21.1 Å². The minimum atomic E-state index is -0.523. The fourth-order valence-electron chi connectivity index (χ4n) is 3.41. The van der Waals surface area contributed by atoms with Crippen molar-refractivity contribution < 1.29 is 23.3 Å². The van der Waals surface area contributed by atoms with Crippen LogP contribution in [0.25, 0.3) is 11.3 Å². The molecule has 0 saturated heterocycles. The number of benzene rings is 3. The largest absolute Gasteiger partial charge is 0.355 e. The zero-order valence-electron chi connectivity index (χ0n) is 19.3. The summed E-state index contributed by atoms with van der Waals surface area (Å²) in [5.74, 6) is -1.22. The third kappa shape index (κ3) is 6.20. The Kier molecular flexibility index (Phi) is 7.50. The molecule has 1 atom stereocenters. The van der Waals surface area contributed by atoms with Gasteiger partial charge in [-0.25, -0.2) is 4.39 Å². The van der Waals surface area contributed by atoms with Gasteiger partial charge >= 0.3 is 0 Å². The van der Waals surface area contributed by atoms with E-state index in [-0.39, 0.29) is 30.1 Å². The number of rotatable bonds is 8. The molecule has 1 aromatic heterocycles. The van der Waals surface area contributed by atoms with Gasteiger partial charge in [0.1, 0.15) is 5.82 Å². The van der Waals surface area contributed by atoms with Crippen molar-refractivity contribution in [1.82, 2.24) is 15.8 Å². The van der Waals surface area contributed by atoms with Crippen molar-refractivity contribution in [3.8, 4) is 11.3 Å². The molecule has 0 aliphatic rings. The summed E-state index contributed by atoms with van der Waals surface area (Å²) in [5, 5.41) is 11.8. The average Bonchev–Trinajstić information content (AvgIpc) is 3.39. The second-order valence-electron chi connectivity index (χ2n) is 8.00. The van der Waals surface area contributed by atoms with Crippen molar-refractivity contribution in [2.45, 2.75) is 13.0 Å². The Morgan fingerprint density at radius 3 is 2.31 bits per heavy atom. The van der Waals surface area contributed by atoms with Gasteiger partial charge in [-0.05, 0) is 48.9 Å². The Labute approximate surface area is 206 Å². The van der Waals surface area contributed by atoms with Crippen molar-refractivity contribution in [3.05, 3.63) is 108 Å². The van der Waals surface area contributed by atoms with Crippen LogP contribution in [0.5, 0.6) is 0 Å². The zero-order chi connectivity index (χ0) is 25.5. The Morgan fingerprint density at radius 1 is 0.917 bits per heavy atom. The Balaban J connectivity index is 1.25. The molecule has 1 unspecified atom stereocenters. The van der Waals surface area contributed by atoms with Gasteiger partial charge in [-0.15, -0.1) is 0 Å². The molecular weight excluding hydrogens is 463 g/mol. The third-order valence-corrected chi connectivity index (χ3v) is 5.36. The molecule has 0 aliphatic carbocycles. The van der Waals surface area contributed by atoms with Crippen LogP contribution in [0.2, 0.25) is 0 Å². The maximum Gasteiger partial charge on any atom is 0.273 e. The van der Waals surface area contributed by atoms with Gasteiger partial charge < -0.3 is 20.5 Å². The van der Waals surface area contributed by atoms with Crippen LogP contribution in [0.1, 0.15) is 39.4 Å². The summed E-state index contributed by atoms with van der Waals surface area (Å²) in [7, 11) is 0. The topological polar surface area (TPSA) is 113 Å². The lowest BCUT2D eigenvalue weighted by Crippen LogP contribution is -2.38. The molecule has 0 aliphatic heterocycles. The van der Waals surface area contributed by atoms with Crippen LogP contribution >= 0.6 is 0 Å². The molecule has 9 heteroatoms. The molecule has 0 spiro atoms. The van der Waals surface area contributed by atoms with Crippen LogP contribution in [0.4, 0.5) is 10.1 Å². The molecule has 0 bridgehead atoms. The summed E-state index contributed by atoms with van der Waals surface area (Å²) in [6.45, 7) is 1.57. The van der Waals surface area contributed by atoms with Gasteiger partial charge in [-0.2, -0.15) is 0 Å². The molecule has 8 nitrogen and oxygen atoms in total. The van der Waals surface area contributed by atoms with Gasteiger partial charge in [0.2, 0.25) is 5.91 Å². The van der Waals surface area contributed by atoms with E-state index in [0.29, 0.717) is 17.0 Å². The summed E-state index contributed by atoms with van der Waals surface area (Å²) in [4.78, 5) is 36.9. The standard InChI is InChI=1S/C27H23FN4O4/c1-17(18-9-13-22(14-10-18)31-26(34)20-7-11-21(28)12-8-20)30-25(33)16-29-27(35)23-15-24(36-32-23)19-5-3-2-4-6-19/h2-15,17H,16H2,1H3,(H,29,35)(H,30,33)(H,31,34). The first kappa shape index (κ1) is 24.3. The Bertz CT molecular complexity index is 1350. The number of nitrogens with zero attached hydrogens (tertiary/aromatic N) is 1. The maximum absolute atomic E-state index is 13.0. The molecule has 36 heavy (non-hydrogen) atoms. The molecule has 3 aromatic carbocycles. The second kappa shape index (κ2) is 11.1. The van der Waals surface area contributed by atoms with Gasteiger partial charge in [-0.1, -0.05) is 47.6 Å². The second-order valence-corrected chi connectivity index (χ2v) is 8.00. The van der Waals surface area contributed by atoms with Gasteiger partial charge in [0.15, 0.2) is 11.5 Å². The van der Waals surface area contributed by atoms with E-state index in [0.717, 1.165) is 11.1 Å². The van der Waals surface area contributed by atoms with Crippen molar-refractivity contribution in [2.75, 3.05) is 11.9 Å². The highest BCUT2D eigenvalue weighted by molar-refractivity contribution is 6.04. The summed E-state index contributed by atoms with van der Waals surface area (Å²) < 4.78 is 18.2. The number of amides is 3. The van der Waals surface area contributed by atoms with E-state index in [1.807, 2.05) is 30.3 Å². The van der Waals surface area contributed by atoms with E-state index in [4.69, 9.17) is 4.52 Å². The van der Waals surface area contributed by atoms with E-state index in [1.54, 1.807) is 31.2 Å². The molecule has 182 valence electrons. The van der Waals surface area contributed by atoms with Crippen LogP contribution in [-0.4, -0.2) is 29.4 Å². The summed E-state index contributed by atoms with van der Waals surface area (Å²) in [5.41, 5.74) is 2.56. The number of hydrogen-bond donors (Lipinski definition) is 3. The summed E-state index contributed by atoms with van der Waals surface area (Å²) >= 11 is 0. The smallest absolute Gasteiger partial charge is 0.273 e. The monoisotopic (exact) mass is 486 g/mol. The van der Waals surface area contributed by atoms with E-state index < -0.39 is 11.7 Å². The van der Waals surface area contributed by atoms with Crippen LogP contribution in [0, 0.1) is 5.82 Å². The lowest BCUT2D eigenvalue weighted by atomic mass is 10.1. The van der Waals surface area contributed by atoms with Gasteiger partial charge in [0, 0.05) is 22.9 Å². The van der Waals surface area contributed by atoms with Gasteiger partial charge in [-0.3, -0.25) is 14.4 Å². The number of nitrogens with one attached hydrogen (secondary N) is 3. The van der Waals surface area contributed by atoms with Crippen molar-refractivity contribution in [3.63, 3.8) is 0 Å². The molecule has 4 aromatic rings. The molecule has 0 radical (unpaired) electrons. The zero-order valence-corrected chi connectivity index (χ0v) is 19.3. The van der Waals surface area contributed by atoms with Gasteiger partial charge in [0.25, 0.3) is 11.8 Å². The first-order valence-corrected chi connectivity index (χ1v) is 11.2. The highest BCUT2D eigenvalue weighted by Crippen LogP contribution is 2.20. The number of hydrogen-bond acceptors (Lipinski definition) is 5. The molecule has 0 fully saturated rings. The van der Waals surface area contributed by atoms with E-state index in [9.17, 15) is 18.8 Å². The molecule has 1 heterocycles. The summed E-state index contributed by atoms with van der Waals surface area (Å²) in [6.07, 6.45) is 0. The molecule has 3 amide bonds. The van der Waals surface area contributed by atoms with Crippen molar-refractivity contribution >= 4 is 23.4 Å². The third-order valence-electron chi connectivity index (χ3n) is 5.36. The molecular formula is C27H23FN4O4. The minimum Gasteiger partial charge on any atom is -0.355 e. The number of carbonyl (C=O) groups excluding carboxylic acids is 3. The number of aromatic nitrogens is 1. The van der Waals surface area contributed by atoms with Crippen LogP contribution < -0.4 is 16.0 Å². The Hall–Kier alpha value is -4.79. The van der Waals surface area contributed by atoms with Crippen LogP contribution in [0.3, 0.4) is 0 Å². The number of anilines is 1. The SMILES string of the molecule is CC(NC(=O)CNC(=O)c1cc(-c2ccccc2)on1)c1ccc(NC(=O)c2ccc(F)cc2)cc1. The fourth-order valence-corrected chi connectivity index (χ4v) is 3.41. The number of halogens is 1. The molecule has 4 rings (SSSR count). The first-order chi connectivity index (χ1) is 17.4. The predicted molar refractivity (Wildman–Crippen MR) is 132 cm³/mol. The van der Waals surface area contributed by atoms with E-state index in [1.165, 1.54) is 30.3 Å². The van der Waals surface area contributed by atoms with Crippen molar-refractivity contribution in [1.29, 1.82) is 0 Å².